The molecular formula is C23H39N5O2. The Kier molecular flexibility index (Phi) is 6.49. The molecule has 3 aliphatic rings. The van der Waals surface area contributed by atoms with Gasteiger partial charge in [0.1, 0.15) is 0 Å². The molecule has 30 heavy (non-hydrogen) atoms. The fraction of sp³-hybridized carbons (Fsp3) is 0.870. The van der Waals surface area contributed by atoms with Crippen LogP contribution in [-0.2, 0) is 4.79 Å². The number of hydrogen-bond acceptors (Lipinski definition) is 6. The molecule has 3 saturated heterocycles. The third-order valence-electron chi connectivity index (χ3n) is 7.18. The minimum absolute atomic E-state index is 0.0631. The number of likely N-dealkylation sites (tertiary alicyclic amines) is 3. The molecule has 0 radical (unpaired) electrons. The molecule has 4 rings (SSSR count). The van der Waals surface area contributed by atoms with E-state index < -0.39 is 0 Å². The average Bonchev–Trinajstić information content (AvgIpc) is 3.43. The Balaban J connectivity index is 1.49. The SMILES string of the molecule is CC(C)CN1CCC2(CC1)CC(c1nnc(C(C)C)o1)N(CC(=O)N1CCCC1)C2. The largest absolute Gasteiger partial charge is 0.423 e. The van der Waals surface area contributed by atoms with E-state index in [9.17, 15) is 4.79 Å². The number of amides is 1. The molecule has 7 heteroatoms. The van der Waals surface area contributed by atoms with Gasteiger partial charge in [0.25, 0.3) is 0 Å². The normalized spacial score (nSPS) is 25.3. The van der Waals surface area contributed by atoms with Gasteiger partial charge in [0, 0.05) is 32.1 Å². The number of rotatable bonds is 6. The molecule has 1 unspecified atom stereocenters. The van der Waals surface area contributed by atoms with Crippen LogP contribution in [0.25, 0.3) is 0 Å². The molecule has 3 aliphatic heterocycles. The van der Waals surface area contributed by atoms with Crippen LogP contribution in [0.5, 0.6) is 0 Å². The van der Waals surface area contributed by atoms with E-state index in [1.165, 1.54) is 19.4 Å². The molecule has 1 atom stereocenters. The second-order valence-corrected chi connectivity index (χ2v) is 10.5. The van der Waals surface area contributed by atoms with Gasteiger partial charge in [-0.3, -0.25) is 9.69 Å². The van der Waals surface area contributed by atoms with Crippen LogP contribution in [0.2, 0.25) is 0 Å². The molecule has 0 bridgehead atoms. The summed E-state index contributed by atoms with van der Waals surface area (Å²) in [6.07, 6.45) is 5.67. The van der Waals surface area contributed by atoms with Gasteiger partial charge >= 0.3 is 0 Å². The molecule has 1 amide bonds. The molecule has 0 aromatic carbocycles. The van der Waals surface area contributed by atoms with Crippen molar-refractivity contribution in [1.82, 2.24) is 24.9 Å². The van der Waals surface area contributed by atoms with E-state index in [1.807, 2.05) is 4.90 Å². The van der Waals surface area contributed by atoms with Gasteiger partial charge in [-0.15, -0.1) is 10.2 Å². The van der Waals surface area contributed by atoms with Crippen LogP contribution in [0.15, 0.2) is 4.42 Å². The Labute approximate surface area is 181 Å². The monoisotopic (exact) mass is 417 g/mol. The maximum absolute atomic E-state index is 12.9. The molecule has 1 aromatic heterocycles. The predicted octanol–water partition coefficient (Wildman–Crippen LogP) is 3.30. The van der Waals surface area contributed by atoms with Gasteiger partial charge in [-0.2, -0.15) is 0 Å². The quantitative estimate of drug-likeness (QED) is 0.708. The summed E-state index contributed by atoms with van der Waals surface area (Å²) in [5.41, 5.74) is 0.260. The van der Waals surface area contributed by atoms with Gasteiger partial charge in [0.05, 0.1) is 12.6 Å². The Morgan fingerprint density at radius 3 is 2.40 bits per heavy atom. The number of carbonyl (C=O) groups excluding carboxylic acids is 1. The van der Waals surface area contributed by atoms with E-state index in [0.717, 1.165) is 52.0 Å². The highest BCUT2D eigenvalue weighted by Crippen LogP contribution is 2.48. The molecule has 0 saturated carbocycles. The minimum atomic E-state index is 0.0631. The highest BCUT2D eigenvalue weighted by atomic mass is 16.4. The molecule has 1 aromatic rings. The first kappa shape index (κ1) is 21.8. The maximum atomic E-state index is 12.9. The highest BCUT2D eigenvalue weighted by molar-refractivity contribution is 5.78. The summed E-state index contributed by atoms with van der Waals surface area (Å²) in [5, 5.41) is 8.70. The molecule has 168 valence electrons. The molecular weight excluding hydrogens is 378 g/mol. The van der Waals surface area contributed by atoms with Gasteiger partial charge in [-0.25, -0.2) is 0 Å². The summed E-state index contributed by atoms with van der Waals surface area (Å²) < 4.78 is 6.07. The zero-order chi connectivity index (χ0) is 21.3. The zero-order valence-corrected chi connectivity index (χ0v) is 19.3. The van der Waals surface area contributed by atoms with E-state index in [2.05, 4.69) is 47.7 Å². The summed E-state index contributed by atoms with van der Waals surface area (Å²) in [6.45, 7) is 15.5. The first-order valence-corrected chi connectivity index (χ1v) is 11.9. The lowest BCUT2D eigenvalue weighted by molar-refractivity contribution is -0.131. The first-order chi connectivity index (χ1) is 14.3. The van der Waals surface area contributed by atoms with E-state index in [1.54, 1.807) is 0 Å². The van der Waals surface area contributed by atoms with E-state index in [4.69, 9.17) is 4.42 Å². The summed E-state index contributed by atoms with van der Waals surface area (Å²) in [7, 11) is 0. The van der Waals surface area contributed by atoms with E-state index >= 15 is 0 Å². The van der Waals surface area contributed by atoms with Gasteiger partial charge in [-0.05, 0) is 56.5 Å². The van der Waals surface area contributed by atoms with Gasteiger partial charge in [0.2, 0.25) is 17.7 Å². The third kappa shape index (κ3) is 4.72. The predicted molar refractivity (Wildman–Crippen MR) is 116 cm³/mol. The number of hydrogen-bond donors (Lipinski definition) is 0. The molecule has 0 N–H and O–H groups in total. The molecule has 0 aliphatic carbocycles. The Hall–Kier alpha value is -1.47. The minimum Gasteiger partial charge on any atom is -0.423 e. The van der Waals surface area contributed by atoms with Crippen molar-refractivity contribution in [3.05, 3.63) is 11.8 Å². The summed E-state index contributed by atoms with van der Waals surface area (Å²) in [5.74, 6) is 2.59. The number of nitrogens with zero attached hydrogens (tertiary/aromatic N) is 5. The number of carbonyl (C=O) groups is 1. The van der Waals surface area contributed by atoms with Gasteiger partial charge in [-0.1, -0.05) is 27.7 Å². The standard InChI is InChI=1S/C23H39N5O2/c1-17(2)14-26-11-7-23(8-12-26)13-19(22-25-24-21(30-22)18(3)4)28(16-23)15-20(29)27-9-5-6-10-27/h17-19H,5-16H2,1-4H3. The lowest BCUT2D eigenvalue weighted by Gasteiger charge is -2.40. The second kappa shape index (κ2) is 8.95. The number of piperidine rings is 1. The lowest BCUT2D eigenvalue weighted by Crippen LogP contribution is -2.44. The van der Waals surface area contributed by atoms with Crippen molar-refractivity contribution in [2.75, 3.05) is 45.8 Å². The molecule has 1 spiro atoms. The summed E-state index contributed by atoms with van der Waals surface area (Å²) >= 11 is 0. The van der Waals surface area contributed by atoms with Crippen LogP contribution in [0, 0.1) is 11.3 Å². The average molecular weight is 418 g/mol. The Morgan fingerprint density at radius 2 is 1.80 bits per heavy atom. The summed E-state index contributed by atoms with van der Waals surface area (Å²) in [4.78, 5) is 19.9. The van der Waals surface area contributed by atoms with Gasteiger partial charge in [0.15, 0.2) is 0 Å². The molecule has 7 nitrogen and oxygen atoms in total. The van der Waals surface area contributed by atoms with Crippen molar-refractivity contribution in [2.24, 2.45) is 11.3 Å². The van der Waals surface area contributed by atoms with Crippen molar-refractivity contribution in [1.29, 1.82) is 0 Å². The van der Waals surface area contributed by atoms with Crippen LogP contribution in [0.3, 0.4) is 0 Å². The van der Waals surface area contributed by atoms with Gasteiger partial charge < -0.3 is 14.2 Å². The Bertz CT molecular complexity index is 717. The topological polar surface area (TPSA) is 65.7 Å². The first-order valence-electron chi connectivity index (χ1n) is 11.9. The van der Waals surface area contributed by atoms with E-state index in [-0.39, 0.29) is 23.3 Å². The lowest BCUT2D eigenvalue weighted by atomic mass is 9.76. The fourth-order valence-corrected chi connectivity index (χ4v) is 5.50. The third-order valence-corrected chi connectivity index (χ3v) is 7.18. The van der Waals surface area contributed by atoms with Crippen LogP contribution < -0.4 is 0 Å². The summed E-state index contributed by atoms with van der Waals surface area (Å²) in [6, 6.07) is 0.0631. The van der Waals surface area contributed by atoms with Crippen molar-refractivity contribution in [2.45, 2.75) is 71.8 Å². The van der Waals surface area contributed by atoms with Crippen molar-refractivity contribution in [3.63, 3.8) is 0 Å². The fourth-order valence-electron chi connectivity index (χ4n) is 5.50. The maximum Gasteiger partial charge on any atom is 0.236 e. The molecule has 4 heterocycles. The Morgan fingerprint density at radius 1 is 1.10 bits per heavy atom. The van der Waals surface area contributed by atoms with Crippen LogP contribution >= 0.6 is 0 Å². The highest BCUT2D eigenvalue weighted by Gasteiger charge is 2.48. The van der Waals surface area contributed by atoms with E-state index in [0.29, 0.717) is 24.2 Å². The van der Waals surface area contributed by atoms with Crippen LogP contribution in [0.1, 0.15) is 83.5 Å². The number of aromatic nitrogens is 2. The van der Waals surface area contributed by atoms with Crippen molar-refractivity contribution >= 4 is 5.91 Å². The van der Waals surface area contributed by atoms with Crippen LogP contribution in [0.4, 0.5) is 0 Å². The zero-order valence-electron chi connectivity index (χ0n) is 19.3. The molecule has 3 fully saturated rings. The smallest absolute Gasteiger partial charge is 0.236 e. The van der Waals surface area contributed by atoms with Crippen molar-refractivity contribution in [3.8, 4) is 0 Å². The second-order valence-electron chi connectivity index (χ2n) is 10.5. The van der Waals surface area contributed by atoms with Crippen molar-refractivity contribution < 1.29 is 9.21 Å². The van der Waals surface area contributed by atoms with Crippen LogP contribution in [-0.4, -0.2) is 76.6 Å².